The minimum Gasteiger partial charge on any atom is -0.394 e. The van der Waals surface area contributed by atoms with Crippen LogP contribution in [0, 0.1) is 0 Å². The van der Waals surface area contributed by atoms with E-state index in [1.807, 2.05) is 0 Å². The van der Waals surface area contributed by atoms with Crippen LogP contribution in [0.3, 0.4) is 0 Å². The van der Waals surface area contributed by atoms with E-state index in [1.165, 1.54) is 0 Å². The largest absolute Gasteiger partial charge is 0.394 e. The van der Waals surface area contributed by atoms with Crippen molar-refractivity contribution < 1.29 is 25.2 Å². The second-order valence-corrected chi connectivity index (χ2v) is 3.58. The lowest BCUT2D eigenvalue weighted by Crippen LogP contribution is -2.56. The van der Waals surface area contributed by atoms with Crippen molar-refractivity contribution in [2.24, 2.45) is 0 Å². The molecule has 1 aliphatic heterocycles. The highest BCUT2D eigenvalue weighted by molar-refractivity contribution is 9.09. The van der Waals surface area contributed by atoms with Crippen LogP contribution in [0.5, 0.6) is 0 Å². The monoisotopic (exact) mass is 242 g/mol. The van der Waals surface area contributed by atoms with E-state index in [4.69, 9.17) is 14.9 Å². The third-order valence-electron chi connectivity index (χ3n) is 1.83. The molecule has 1 saturated heterocycles. The molecule has 0 aromatic heterocycles. The van der Waals surface area contributed by atoms with E-state index in [9.17, 15) is 10.2 Å². The van der Waals surface area contributed by atoms with Crippen molar-refractivity contribution in [3.05, 3.63) is 0 Å². The number of hydrogen-bond donors (Lipinski definition) is 4. The summed E-state index contributed by atoms with van der Waals surface area (Å²) in [6, 6.07) is 0. The molecule has 1 heterocycles. The molecule has 1 unspecified atom stereocenters. The van der Waals surface area contributed by atoms with Gasteiger partial charge in [-0.2, -0.15) is 0 Å². The highest BCUT2D eigenvalue weighted by Gasteiger charge is 2.42. The van der Waals surface area contributed by atoms with Crippen LogP contribution in [-0.2, 0) is 4.74 Å². The third kappa shape index (κ3) is 1.78. The van der Waals surface area contributed by atoms with Crippen LogP contribution in [0.1, 0.15) is 0 Å². The van der Waals surface area contributed by atoms with Gasteiger partial charge in [0.25, 0.3) is 0 Å². The van der Waals surface area contributed by atoms with Gasteiger partial charge in [-0.05, 0) is 0 Å². The van der Waals surface area contributed by atoms with Crippen LogP contribution in [0.4, 0.5) is 0 Å². The molecule has 0 aliphatic carbocycles. The Hall–Kier alpha value is 0.280. The molecule has 0 radical (unpaired) electrons. The Bertz CT molecular complexity index is 150. The zero-order valence-electron chi connectivity index (χ0n) is 6.17. The summed E-state index contributed by atoms with van der Waals surface area (Å²) < 4.78 is 4.94. The minimum absolute atomic E-state index is 0.396. The first kappa shape index (κ1) is 10.4. The normalized spacial score (nSPS) is 49.2. The molecule has 1 fully saturated rings. The summed E-state index contributed by atoms with van der Waals surface area (Å²) in [5, 5.41) is 35.5. The maximum atomic E-state index is 9.21. The molecule has 1 rings (SSSR count). The molecule has 12 heavy (non-hydrogen) atoms. The number of alkyl halides is 1. The fourth-order valence-corrected chi connectivity index (χ4v) is 1.65. The van der Waals surface area contributed by atoms with E-state index in [-0.39, 0.29) is 0 Å². The molecular formula is C6H11BrO5. The van der Waals surface area contributed by atoms with Crippen LogP contribution < -0.4 is 0 Å². The van der Waals surface area contributed by atoms with Crippen LogP contribution in [-0.4, -0.2) is 56.5 Å². The molecule has 5 nitrogen and oxygen atoms in total. The van der Waals surface area contributed by atoms with Gasteiger partial charge in [0.05, 0.1) is 6.61 Å². The second kappa shape index (κ2) is 3.99. The van der Waals surface area contributed by atoms with E-state index in [1.54, 1.807) is 0 Å². The summed E-state index contributed by atoms with van der Waals surface area (Å²) >= 11 is 2.95. The van der Waals surface area contributed by atoms with Gasteiger partial charge in [0.2, 0.25) is 0 Å². The van der Waals surface area contributed by atoms with Crippen molar-refractivity contribution >= 4 is 15.9 Å². The van der Waals surface area contributed by atoms with E-state index >= 15 is 0 Å². The Kier molecular flexibility index (Phi) is 3.45. The Morgan fingerprint density at radius 3 is 2.17 bits per heavy atom. The van der Waals surface area contributed by atoms with E-state index in [0.717, 1.165) is 0 Å². The lowest BCUT2D eigenvalue weighted by Gasteiger charge is -2.37. The van der Waals surface area contributed by atoms with Gasteiger partial charge in [0.1, 0.15) is 29.4 Å². The molecule has 4 N–H and O–H groups in total. The Morgan fingerprint density at radius 1 is 1.08 bits per heavy atom. The minimum atomic E-state index is -1.29. The first-order valence-electron chi connectivity index (χ1n) is 3.52. The van der Waals surface area contributed by atoms with E-state index < -0.39 is 36.0 Å². The van der Waals surface area contributed by atoms with Gasteiger partial charge in [-0.15, -0.1) is 0 Å². The SMILES string of the molecule is OC[C@@H]1OC(Br)[C@@H](O)[C@H](O)[C@@H]1O. The molecule has 0 aromatic carbocycles. The molecule has 6 heteroatoms. The number of hydrogen-bond acceptors (Lipinski definition) is 5. The predicted octanol–water partition coefficient (Wildman–Crippen LogP) is -1.82. The first-order valence-corrected chi connectivity index (χ1v) is 4.44. The second-order valence-electron chi connectivity index (χ2n) is 2.68. The zero-order chi connectivity index (χ0) is 9.30. The highest BCUT2D eigenvalue weighted by atomic mass is 79.9. The summed E-state index contributed by atoms with van der Waals surface area (Å²) in [5.74, 6) is 0. The fourth-order valence-electron chi connectivity index (χ4n) is 1.06. The average Bonchev–Trinajstić information content (AvgIpc) is 2.08. The Morgan fingerprint density at radius 2 is 1.67 bits per heavy atom. The quantitative estimate of drug-likeness (QED) is 0.407. The number of aliphatic hydroxyl groups is 4. The van der Waals surface area contributed by atoms with Gasteiger partial charge in [-0.25, -0.2) is 0 Å². The number of aliphatic hydroxyl groups excluding tert-OH is 4. The maximum absolute atomic E-state index is 9.21. The molecule has 0 aromatic rings. The third-order valence-corrected chi connectivity index (χ3v) is 2.59. The maximum Gasteiger partial charge on any atom is 0.141 e. The smallest absolute Gasteiger partial charge is 0.141 e. The van der Waals surface area contributed by atoms with Crippen molar-refractivity contribution in [2.45, 2.75) is 29.4 Å². The number of halogens is 1. The van der Waals surface area contributed by atoms with Gasteiger partial charge in [0, 0.05) is 0 Å². The van der Waals surface area contributed by atoms with Crippen molar-refractivity contribution in [3.8, 4) is 0 Å². The fraction of sp³-hybridized carbons (Fsp3) is 1.00. The summed E-state index contributed by atoms with van der Waals surface area (Å²) in [6.45, 7) is -0.396. The summed E-state index contributed by atoms with van der Waals surface area (Å²) in [4.78, 5) is 0. The van der Waals surface area contributed by atoms with Crippen molar-refractivity contribution in [1.82, 2.24) is 0 Å². The zero-order valence-corrected chi connectivity index (χ0v) is 7.75. The topological polar surface area (TPSA) is 90.2 Å². The van der Waals surface area contributed by atoms with Crippen LogP contribution >= 0.6 is 15.9 Å². The summed E-state index contributed by atoms with van der Waals surface area (Å²) in [6.07, 6.45) is -4.57. The highest BCUT2D eigenvalue weighted by Crippen LogP contribution is 2.24. The molecular weight excluding hydrogens is 232 g/mol. The lowest BCUT2D eigenvalue weighted by atomic mass is 10.0. The van der Waals surface area contributed by atoms with Gasteiger partial charge in [0.15, 0.2) is 0 Å². The average molecular weight is 243 g/mol. The standard InChI is InChI=1S/C6H11BrO5/c7-6-5(11)4(10)3(9)2(1-8)12-6/h2-6,8-11H,1H2/t2-,3+,4+,5-,6?/m0/s1. The summed E-state index contributed by atoms with van der Waals surface area (Å²) in [5.41, 5.74) is 0. The molecule has 0 bridgehead atoms. The van der Waals surface area contributed by atoms with Gasteiger partial charge in [-0.3, -0.25) is 0 Å². The summed E-state index contributed by atoms with van der Waals surface area (Å²) in [7, 11) is 0. The van der Waals surface area contributed by atoms with Crippen molar-refractivity contribution in [2.75, 3.05) is 6.61 Å². The first-order chi connectivity index (χ1) is 5.57. The number of ether oxygens (including phenoxy) is 1. The predicted molar refractivity (Wildman–Crippen MR) is 42.7 cm³/mol. The van der Waals surface area contributed by atoms with Crippen LogP contribution in [0.15, 0.2) is 0 Å². The Labute approximate surface area is 77.7 Å². The molecule has 5 atom stereocenters. The van der Waals surface area contributed by atoms with E-state index in [0.29, 0.717) is 0 Å². The molecule has 0 saturated carbocycles. The lowest BCUT2D eigenvalue weighted by molar-refractivity contribution is -0.203. The van der Waals surface area contributed by atoms with Gasteiger partial charge >= 0.3 is 0 Å². The van der Waals surface area contributed by atoms with Crippen molar-refractivity contribution in [3.63, 3.8) is 0 Å². The van der Waals surface area contributed by atoms with Crippen LogP contribution in [0.25, 0.3) is 0 Å². The molecule has 0 amide bonds. The van der Waals surface area contributed by atoms with Gasteiger partial charge < -0.3 is 25.2 Å². The Balaban J connectivity index is 2.63. The van der Waals surface area contributed by atoms with E-state index in [2.05, 4.69) is 15.9 Å². The number of rotatable bonds is 1. The van der Waals surface area contributed by atoms with Gasteiger partial charge in [-0.1, -0.05) is 15.9 Å². The molecule has 1 aliphatic rings. The molecule has 0 spiro atoms. The van der Waals surface area contributed by atoms with Crippen LogP contribution in [0.2, 0.25) is 0 Å². The van der Waals surface area contributed by atoms with Crippen molar-refractivity contribution in [1.29, 1.82) is 0 Å². The molecule has 72 valence electrons.